The topological polar surface area (TPSA) is 80.9 Å². The Balaban J connectivity index is 1.45. The van der Waals surface area contributed by atoms with Crippen molar-refractivity contribution in [2.24, 2.45) is 4.99 Å². The Bertz CT molecular complexity index is 931. The lowest BCUT2D eigenvalue weighted by Crippen LogP contribution is -2.26. The van der Waals surface area contributed by atoms with Crippen LogP contribution in [0.5, 0.6) is 0 Å². The van der Waals surface area contributed by atoms with E-state index >= 15 is 0 Å². The van der Waals surface area contributed by atoms with E-state index in [-0.39, 0.29) is 6.17 Å². The summed E-state index contributed by atoms with van der Waals surface area (Å²) in [6.07, 6.45) is 5.76. The largest absolute Gasteiger partial charge is 0.365 e. The van der Waals surface area contributed by atoms with Crippen LogP contribution in [0.4, 0.5) is 11.5 Å². The van der Waals surface area contributed by atoms with E-state index in [9.17, 15) is 0 Å². The van der Waals surface area contributed by atoms with E-state index in [1.165, 1.54) is 19.3 Å². The van der Waals surface area contributed by atoms with E-state index in [1.54, 1.807) is 0 Å². The number of aromatic nitrogens is 3. The quantitative estimate of drug-likeness (QED) is 0.392. The van der Waals surface area contributed by atoms with Gasteiger partial charge in [0.25, 0.3) is 0 Å². The predicted octanol–water partition coefficient (Wildman–Crippen LogP) is 4.43. The molecule has 0 amide bonds. The summed E-state index contributed by atoms with van der Waals surface area (Å²) in [6, 6.07) is 8.85. The number of anilines is 2. The highest BCUT2D eigenvalue weighted by Gasteiger charge is 2.17. The molecule has 6 nitrogen and oxygen atoms in total. The van der Waals surface area contributed by atoms with Gasteiger partial charge in [-0.2, -0.15) is 5.10 Å². The van der Waals surface area contributed by atoms with Crippen molar-refractivity contribution in [3.05, 3.63) is 41.7 Å². The lowest BCUT2D eigenvalue weighted by atomic mass is 9.93. The van der Waals surface area contributed by atoms with Gasteiger partial charge in [-0.3, -0.25) is 10.1 Å². The number of hydrogen-bond acceptors (Lipinski definition) is 4. The number of fused-ring (bicyclic) bond motifs is 1. The van der Waals surface area contributed by atoms with Crippen LogP contribution in [-0.2, 0) is 0 Å². The number of aliphatic imine (C=N–C) groups is 1. The SMILES string of the molecule is CC(=NC1CCC1)c1cc[nH]c1NC(C)Nc1ccc2c(C)[nH]nc2c1. The first-order chi connectivity index (χ1) is 12.6. The second-order valence-corrected chi connectivity index (χ2v) is 7.16. The maximum Gasteiger partial charge on any atom is 0.114 e. The van der Waals surface area contributed by atoms with Crippen molar-refractivity contribution in [1.29, 1.82) is 0 Å². The average molecular weight is 350 g/mol. The van der Waals surface area contributed by atoms with E-state index in [2.05, 4.69) is 63.9 Å². The first-order valence-corrected chi connectivity index (χ1v) is 9.30. The average Bonchev–Trinajstić information content (AvgIpc) is 3.18. The summed E-state index contributed by atoms with van der Waals surface area (Å²) in [5.41, 5.74) is 5.35. The molecule has 1 atom stereocenters. The van der Waals surface area contributed by atoms with Crippen LogP contribution in [0.3, 0.4) is 0 Å². The highest BCUT2D eigenvalue weighted by molar-refractivity contribution is 6.03. The number of rotatable bonds is 6. The summed E-state index contributed by atoms with van der Waals surface area (Å²) >= 11 is 0. The Labute approximate surface area is 153 Å². The molecule has 1 saturated carbocycles. The number of H-pyrrole nitrogens is 2. The van der Waals surface area contributed by atoms with Crippen molar-refractivity contribution in [3.63, 3.8) is 0 Å². The van der Waals surface area contributed by atoms with Gasteiger partial charge < -0.3 is 15.6 Å². The molecular weight excluding hydrogens is 324 g/mol. The van der Waals surface area contributed by atoms with Crippen LogP contribution in [0.15, 0.2) is 35.5 Å². The lowest BCUT2D eigenvalue weighted by molar-refractivity contribution is 0.420. The molecule has 0 radical (unpaired) electrons. The molecule has 0 spiro atoms. The molecule has 26 heavy (non-hydrogen) atoms. The fourth-order valence-corrected chi connectivity index (χ4v) is 3.39. The monoisotopic (exact) mass is 350 g/mol. The van der Waals surface area contributed by atoms with Crippen molar-refractivity contribution in [2.45, 2.75) is 52.2 Å². The molecule has 4 rings (SSSR count). The molecule has 1 aliphatic rings. The number of aromatic amines is 2. The Morgan fingerprint density at radius 2 is 2.12 bits per heavy atom. The zero-order chi connectivity index (χ0) is 18.1. The minimum Gasteiger partial charge on any atom is -0.365 e. The number of aryl methyl sites for hydroxylation is 1. The van der Waals surface area contributed by atoms with Gasteiger partial charge in [0.15, 0.2) is 0 Å². The van der Waals surface area contributed by atoms with Crippen molar-refractivity contribution >= 4 is 28.1 Å². The van der Waals surface area contributed by atoms with Gasteiger partial charge in [0.05, 0.1) is 17.7 Å². The molecule has 2 aromatic heterocycles. The van der Waals surface area contributed by atoms with Gasteiger partial charge in [0.1, 0.15) is 5.82 Å². The van der Waals surface area contributed by atoms with Crippen LogP contribution in [0.25, 0.3) is 10.9 Å². The maximum absolute atomic E-state index is 4.84. The number of benzene rings is 1. The molecule has 3 aromatic rings. The van der Waals surface area contributed by atoms with Crippen molar-refractivity contribution in [1.82, 2.24) is 15.2 Å². The molecule has 1 aromatic carbocycles. The minimum absolute atomic E-state index is 0.0568. The van der Waals surface area contributed by atoms with Crippen LogP contribution in [0.2, 0.25) is 0 Å². The summed E-state index contributed by atoms with van der Waals surface area (Å²) in [7, 11) is 0. The van der Waals surface area contributed by atoms with Gasteiger partial charge in [-0.1, -0.05) is 0 Å². The fourth-order valence-electron chi connectivity index (χ4n) is 3.39. The van der Waals surface area contributed by atoms with E-state index in [0.29, 0.717) is 6.04 Å². The van der Waals surface area contributed by atoms with Crippen molar-refractivity contribution in [3.8, 4) is 0 Å². The van der Waals surface area contributed by atoms with E-state index in [1.807, 2.05) is 13.1 Å². The predicted molar refractivity (Wildman–Crippen MR) is 108 cm³/mol. The highest BCUT2D eigenvalue weighted by Crippen LogP contribution is 2.25. The van der Waals surface area contributed by atoms with Crippen molar-refractivity contribution in [2.75, 3.05) is 10.6 Å². The second kappa shape index (κ2) is 6.86. The van der Waals surface area contributed by atoms with Crippen LogP contribution in [-0.4, -0.2) is 33.1 Å². The van der Waals surface area contributed by atoms with Gasteiger partial charge in [-0.25, -0.2) is 0 Å². The third-order valence-corrected chi connectivity index (χ3v) is 5.08. The lowest BCUT2D eigenvalue weighted by Gasteiger charge is -2.22. The van der Waals surface area contributed by atoms with Gasteiger partial charge in [0.2, 0.25) is 0 Å². The molecular formula is C20H26N6. The molecule has 6 heteroatoms. The Hall–Kier alpha value is -2.76. The first-order valence-electron chi connectivity index (χ1n) is 9.30. The number of hydrogen-bond donors (Lipinski definition) is 4. The van der Waals surface area contributed by atoms with Gasteiger partial charge >= 0.3 is 0 Å². The molecule has 1 fully saturated rings. The summed E-state index contributed by atoms with van der Waals surface area (Å²) in [5, 5.41) is 15.5. The Morgan fingerprint density at radius 1 is 1.27 bits per heavy atom. The molecule has 0 saturated heterocycles. The zero-order valence-corrected chi connectivity index (χ0v) is 15.6. The van der Waals surface area contributed by atoms with E-state index < -0.39 is 0 Å². The minimum atomic E-state index is 0.0568. The van der Waals surface area contributed by atoms with Gasteiger partial charge in [-0.05, 0) is 64.3 Å². The highest BCUT2D eigenvalue weighted by atomic mass is 15.2. The van der Waals surface area contributed by atoms with Crippen molar-refractivity contribution < 1.29 is 0 Å². The maximum atomic E-state index is 4.84. The van der Waals surface area contributed by atoms with Crippen LogP contribution >= 0.6 is 0 Å². The van der Waals surface area contributed by atoms with Gasteiger partial charge in [-0.15, -0.1) is 0 Å². The normalized spacial score (nSPS) is 16.5. The first kappa shape index (κ1) is 16.7. The van der Waals surface area contributed by atoms with E-state index in [0.717, 1.165) is 39.4 Å². The molecule has 0 bridgehead atoms. The molecule has 1 unspecified atom stereocenters. The smallest absolute Gasteiger partial charge is 0.114 e. The van der Waals surface area contributed by atoms with Crippen LogP contribution in [0.1, 0.15) is 44.4 Å². The number of nitrogens with zero attached hydrogens (tertiary/aromatic N) is 2. The van der Waals surface area contributed by atoms with Crippen LogP contribution < -0.4 is 10.6 Å². The Morgan fingerprint density at radius 3 is 2.88 bits per heavy atom. The molecule has 0 aliphatic heterocycles. The standard InChI is InChI=1S/C20H26N6/c1-12(22-15-5-4-6-15)18-9-10-21-20(18)24-14(3)23-16-7-8-17-13(2)25-26-19(17)11-16/h7-11,14-15,21,23-24H,4-6H2,1-3H3,(H,25,26). The summed E-state index contributed by atoms with van der Waals surface area (Å²) < 4.78 is 0. The molecule has 4 N–H and O–H groups in total. The van der Waals surface area contributed by atoms with E-state index in [4.69, 9.17) is 4.99 Å². The third-order valence-electron chi connectivity index (χ3n) is 5.08. The molecule has 2 heterocycles. The summed E-state index contributed by atoms with van der Waals surface area (Å²) in [6.45, 7) is 6.23. The summed E-state index contributed by atoms with van der Waals surface area (Å²) in [4.78, 5) is 8.13. The third kappa shape index (κ3) is 3.31. The molecule has 1 aliphatic carbocycles. The zero-order valence-electron chi connectivity index (χ0n) is 15.6. The molecule has 136 valence electrons. The van der Waals surface area contributed by atoms with Gasteiger partial charge in [0, 0.05) is 34.2 Å². The fraction of sp³-hybridized carbons (Fsp3) is 0.400. The Kier molecular flexibility index (Phi) is 4.41. The number of nitrogens with one attached hydrogen (secondary N) is 4. The summed E-state index contributed by atoms with van der Waals surface area (Å²) in [5.74, 6) is 1.00. The van der Waals surface area contributed by atoms with Crippen LogP contribution in [0, 0.1) is 6.92 Å². The second-order valence-electron chi connectivity index (χ2n) is 7.16.